The van der Waals surface area contributed by atoms with Gasteiger partial charge in [0, 0.05) is 5.69 Å². The van der Waals surface area contributed by atoms with Gasteiger partial charge in [-0.1, -0.05) is 30.3 Å². The average molecular weight is 284 g/mol. The lowest BCUT2D eigenvalue weighted by Crippen LogP contribution is -2.22. The second-order valence-corrected chi connectivity index (χ2v) is 4.47. The Morgan fingerprint density at radius 2 is 1.76 bits per heavy atom. The minimum absolute atomic E-state index is 0.0594. The average Bonchev–Trinajstić information content (AvgIpc) is 2.47. The van der Waals surface area contributed by atoms with Crippen LogP contribution in [0.25, 0.3) is 0 Å². The highest BCUT2D eigenvalue weighted by atomic mass is 16.5. The summed E-state index contributed by atoms with van der Waals surface area (Å²) in [5.74, 6) is -0.921. The molecule has 0 radical (unpaired) electrons. The first-order valence-corrected chi connectivity index (χ1v) is 6.36. The third kappa shape index (κ3) is 4.07. The van der Waals surface area contributed by atoms with Crippen LogP contribution in [0.5, 0.6) is 5.75 Å². The number of amides is 1. The molecule has 1 N–H and O–H groups in total. The molecule has 0 spiro atoms. The summed E-state index contributed by atoms with van der Waals surface area (Å²) in [6.07, 6.45) is 0. The fourth-order valence-electron chi connectivity index (χ4n) is 1.75. The van der Waals surface area contributed by atoms with Crippen LogP contribution < -0.4 is 15.2 Å². The summed E-state index contributed by atoms with van der Waals surface area (Å²) >= 11 is 0. The molecule has 2 rings (SSSR count). The van der Waals surface area contributed by atoms with Crippen LogP contribution >= 0.6 is 0 Å². The van der Waals surface area contributed by atoms with E-state index in [4.69, 9.17) is 4.74 Å². The molecule has 108 valence electrons. The number of rotatable bonds is 5. The lowest BCUT2D eigenvalue weighted by Gasteiger charge is -2.10. The van der Waals surface area contributed by atoms with Gasteiger partial charge in [-0.3, -0.25) is 4.79 Å². The molecule has 5 heteroatoms. The first-order chi connectivity index (χ1) is 10.1. The zero-order valence-corrected chi connectivity index (χ0v) is 11.5. The van der Waals surface area contributed by atoms with E-state index < -0.39 is 5.97 Å². The highest BCUT2D eigenvalue weighted by molar-refractivity contribution is 5.93. The van der Waals surface area contributed by atoms with E-state index in [-0.39, 0.29) is 18.1 Å². The maximum absolute atomic E-state index is 11.8. The number of carbonyl (C=O) groups is 2. The predicted molar refractivity (Wildman–Crippen MR) is 76.1 cm³/mol. The number of para-hydroxylation sites is 1. The Hall–Kier alpha value is -2.82. The van der Waals surface area contributed by atoms with Gasteiger partial charge < -0.3 is 20.0 Å². The molecule has 0 bridgehead atoms. The van der Waals surface area contributed by atoms with Crippen LogP contribution in [0.15, 0.2) is 48.5 Å². The van der Waals surface area contributed by atoms with Crippen molar-refractivity contribution in [3.05, 3.63) is 59.7 Å². The molecule has 2 aromatic carbocycles. The summed E-state index contributed by atoms with van der Waals surface area (Å²) in [4.78, 5) is 22.4. The number of benzene rings is 2. The van der Waals surface area contributed by atoms with Crippen LogP contribution in [0.3, 0.4) is 0 Å². The molecule has 0 aliphatic rings. The number of anilines is 1. The lowest BCUT2D eigenvalue weighted by atomic mass is 10.2. The van der Waals surface area contributed by atoms with Crippen molar-refractivity contribution in [2.24, 2.45) is 0 Å². The number of carbonyl (C=O) groups excluding carboxylic acids is 2. The summed E-state index contributed by atoms with van der Waals surface area (Å²) in [6, 6.07) is 13.1. The molecule has 0 saturated carbocycles. The van der Waals surface area contributed by atoms with Crippen LogP contribution in [-0.4, -0.2) is 18.5 Å². The second kappa shape index (κ2) is 6.56. The Bertz CT molecular complexity index is 650. The van der Waals surface area contributed by atoms with Crippen molar-refractivity contribution in [3.8, 4) is 5.75 Å². The van der Waals surface area contributed by atoms with Gasteiger partial charge in [0.25, 0.3) is 5.91 Å². The normalized spacial score (nSPS) is 9.95. The van der Waals surface area contributed by atoms with E-state index in [0.717, 1.165) is 5.56 Å². The molecule has 0 unspecified atom stereocenters. The van der Waals surface area contributed by atoms with Gasteiger partial charge in [-0.25, -0.2) is 0 Å². The summed E-state index contributed by atoms with van der Waals surface area (Å²) in [7, 11) is 0. The molecule has 0 saturated heterocycles. The van der Waals surface area contributed by atoms with Crippen molar-refractivity contribution in [2.45, 2.75) is 6.92 Å². The van der Waals surface area contributed by atoms with Gasteiger partial charge in [0.15, 0.2) is 6.61 Å². The van der Waals surface area contributed by atoms with Gasteiger partial charge in [-0.05, 0) is 36.2 Å². The van der Waals surface area contributed by atoms with Crippen molar-refractivity contribution in [1.82, 2.24) is 0 Å². The Morgan fingerprint density at radius 1 is 1.10 bits per heavy atom. The van der Waals surface area contributed by atoms with Crippen molar-refractivity contribution in [2.75, 3.05) is 11.9 Å². The second-order valence-electron chi connectivity index (χ2n) is 4.47. The molecule has 2 aromatic rings. The van der Waals surface area contributed by atoms with Crippen LogP contribution in [0.1, 0.15) is 15.9 Å². The zero-order valence-electron chi connectivity index (χ0n) is 11.5. The standard InChI is InChI=1S/C16H15NO4/c1-11-4-2-3-5-14(11)21-10-15(18)17-13-8-6-12(7-9-13)16(19)20/h2-9H,10H2,1H3,(H,17,18)(H,19,20)/p-1. The molecule has 21 heavy (non-hydrogen) atoms. The predicted octanol–water partition coefficient (Wildman–Crippen LogP) is 1.38. The maximum atomic E-state index is 11.8. The van der Waals surface area contributed by atoms with E-state index in [0.29, 0.717) is 11.4 Å². The minimum Gasteiger partial charge on any atom is -0.545 e. The van der Waals surface area contributed by atoms with Crippen LogP contribution in [0.2, 0.25) is 0 Å². The summed E-state index contributed by atoms with van der Waals surface area (Å²) < 4.78 is 5.42. The number of hydrogen-bond acceptors (Lipinski definition) is 4. The number of nitrogens with one attached hydrogen (secondary N) is 1. The van der Waals surface area contributed by atoms with E-state index in [9.17, 15) is 14.7 Å². The Labute approximate surface area is 122 Å². The van der Waals surface area contributed by atoms with Gasteiger partial charge in [0.2, 0.25) is 0 Å². The van der Waals surface area contributed by atoms with Crippen molar-refractivity contribution >= 4 is 17.6 Å². The number of aryl methyl sites for hydroxylation is 1. The van der Waals surface area contributed by atoms with E-state index in [1.165, 1.54) is 24.3 Å². The molecule has 0 atom stereocenters. The lowest BCUT2D eigenvalue weighted by molar-refractivity contribution is -0.255. The largest absolute Gasteiger partial charge is 0.545 e. The zero-order chi connectivity index (χ0) is 15.2. The number of aromatic carboxylic acids is 1. The third-order valence-electron chi connectivity index (χ3n) is 2.86. The van der Waals surface area contributed by atoms with Gasteiger partial charge in [0.05, 0.1) is 5.97 Å². The summed E-state index contributed by atoms with van der Waals surface area (Å²) in [6.45, 7) is 1.78. The first kappa shape index (κ1) is 14.6. The molecule has 0 aliphatic heterocycles. The topological polar surface area (TPSA) is 78.5 Å². The minimum atomic E-state index is -1.25. The number of carboxylic acid groups (broad SMARTS) is 1. The van der Waals surface area contributed by atoms with Crippen LogP contribution in [0, 0.1) is 6.92 Å². The van der Waals surface area contributed by atoms with Crippen molar-refractivity contribution in [3.63, 3.8) is 0 Å². The molecule has 0 fully saturated rings. The molecular weight excluding hydrogens is 270 g/mol. The van der Waals surface area contributed by atoms with Gasteiger partial charge in [-0.15, -0.1) is 0 Å². The molecule has 0 heterocycles. The first-order valence-electron chi connectivity index (χ1n) is 6.36. The molecular formula is C16H14NO4-. The van der Waals surface area contributed by atoms with Crippen LogP contribution in [-0.2, 0) is 4.79 Å². The van der Waals surface area contributed by atoms with Gasteiger partial charge in [-0.2, -0.15) is 0 Å². The summed E-state index contributed by atoms with van der Waals surface area (Å²) in [5.41, 5.74) is 1.51. The van der Waals surface area contributed by atoms with Gasteiger partial charge in [0.1, 0.15) is 5.75 Å². The third-order valence-corrected chi connectivity index (χ3v) is 2.86. The smallest absolute Gasteiger partial charge is 0.262 e. The highest BCUT2D eigenvalue weighted by Crippen LogP contribution is 2.16. The molecule has 5 nitrogen and oxygen atoms in total. The van der Waals surface area contributed by atoms with E-state index in [1.807, 2.05) is 25.1 Å². The molecule has 0 aliphatic carbocycles. The quantitative estimate of drug-likeness (QED) is 0.899. The number of hydrogen-bond donors (Lipinski definition) is 1. The monoisotopic (exact) mass is 284 g/mol. The number of ether oxygens (including phenoxy) is 1. The summed E-state index contributed by atoms with van der Waals surface area (Å²) in [5, 5.41) is 13.2. The fraction of sp³-hybridized carbons (Fsp3) is 0.125. The SMILES string of the molecule is Cc1ccccc1OCC(=O)Nc1ccc(C(=O)[O-])cc1. The van der Waals surface area contributed by atoms with E-state index in [2.05, 4.69) is 5.32 Å². The molecule has 0 aromatic heterocycles. The van der Waals surface area contributed by atoms with Crippen molar-refractivity contribution in [1.29, 1.82) is 0 Å². The van der Waals surface area contributed by atoms with E-state index >= 15 is 0 Å². The Balaban J connectivity index is 1.90. The maximum Gasteiger partial charge on any atom is 0.262 e. The van der Waals surface area contributed by atoms with Crippen molar-refractivity contribution < 1.29 is 19.4 Å². The van der Waals surface area contributed by atoms with Crippen LogP contribution in [0.4, 0.5) is 5.69 Å². The fourth-order valence-corrected chi connectivity index (χ4v) is 1.75. The Morgan fingerprint density at radius 3 is 2.38 bits per heavy atom. The highest BCUT2D eigenvalue weighted by Gasteiger charge is 2.05. The Kier molecular flexibility index (Phi) is 4.56. The van der Waals surface area contributed by atoms with E-state index in [1.54, 1.807) is 6.07 Å². The number of carboxylic acids is 1. The van der Waals surface area contributed by atoms with Gasteiger partial charge >= 0.3 is 0 Å². The molecule has 1 amide bonds.